The van der Waals surface area contributed by atoms with Gasteiger partial charge < -0.3 is 60.9 Å². The third-order valence-corrected chi connectivity index (χ3v) is 12.8. The molecule has 0 saturated heterocycles. The molecule has 7 N–H and O–H groups in total. The van der Waals surface area contributed by atoms with Crippen molar-refractivity contribution in [3.05, 3.63) is 33.4 Å². The van der Waals surface area contributed by atoms with Crippen LogP contribution in [0.3, 0.4) is 0 Å². The molecule has 0 heterocycles. The maximum absolute atomic E-state index is 14.0. The van der Waals surface area contributed by atoms with E-state index in [1.165, 1.54) is 0 Å². The molecule has 494 valence electrons. The quantitative estimate of drug-likeness (QED) is 0.0108. The molecule has 1 aromatic rings. The highest BCUT2D eigenvalue weighted by molar-refractivity contribution is 14.1. The van der Waals surface area contributed by atoms with Gasteiger partial charge in [0.25, 0.3) is 5.78 Å². The van der Waals surface area contributed by atoms with E-state index >= 15 is 0 Å². The number of hydrogen-bond acceptors (Lipinski definition) is 16. The number of urea groups is 1. The maximum Gasteiger partial charge on any atom is 0.407 e. The maximum atomic E-state index is 14.0. The van der Waals surface area contributed by atoms with Gasteiger partial charge in [-0.2, -0.15) is 0 Å². The molecule has 0 aliphatic rings. The van der Waals surface area contributed by atoms with Gasteiger partial charge in [-0.3, -0.25) is 28.8 Å². The topological polar surface area (TPSA) is 318 Å². The number of ether oxygens (including phenoxy) is 5. The van der Waals surface area contributed by atoms with Crippen molar-refractivity contribution < 1.29 is 76.4 Å². The Bertz CT molecular complexity index is 2380. The minimum Gasteiger partial charge on any atom is -0.460 e. The normalized spacial score (nSPS) is 13.2. The summed E-state index contributed by atoms with van der Waals surface area (Å²) in [5.74, 6) is -5.82. The fourth-order valence-corrected chi connectivity index (χ4v) is 8.57. The smallest absolute Gasteiger partial charge is 0.407 e. The Balaban J connectivity index is 2.91. The lowest BCUT2D eigenvalue weighted by molar-refractivity contribution is -0.163. The van der Waals surface area contributed by atoms with Gasteiger partial charge in [0.1, 0.15) is 46.1 Å². The molecule has 0 bridgehead atoms. The van der Waals surface area contributed by atoms with Gasteiger partial charge >= 0.3 is 36.0 Å². The molecule has 0 spiro atoms. The Morgan fingerprint density at radius 3 is 1.36 bits per heavy atom. The molecule has 0 aliphatic heterocycles. The van der Waals surface area contributed by atoms with E-state index in [-0.39, 0.29) is 63.3 Å². The van der Waals surface area contributed by atoms with Crippen molar-refractivity contribution in [1.82, 2.24) is 37.2 Å². The molecule has 4 atom stereocenters. The molecule has 0 saturated carbocycles. The molecule has 7 amide bonds. The highest BCUT2D eigenvalue weighted by Gasteiger charge is 2.34. The van der Waals surface area contributed by atoms with E-state index in [0.29, 0.717) is 83.7 Å². The molecule has 0 aromatic heterocycles. The number of halogens is 1. The van der Waals surface area contributed by atoms with Crippen LogP contribution < -0.4 is 37.2 Å². The molecule has 0 fully saturated rings. The first kappa shape index (κ1) is 78.9. The van der Waals surface area contributed by atoms with Crippen molar-refractivity contribution in [2.24, 2.45) is 0 Å². The highest BCUT2D eigenvalue weighted by atomic mass is 127. The van der Waals surface area contributed by atoms with Crippen LogP contribution in [0.4, 0.5) is 9.59 Å². The number of benzene rings is 1. The predicted molar refractivity (Wildman–Crippen MR) is 338 cm³/mol. The van der Waals surface area contributed by atoms with Gasteiger partial charge in [0.2, 0.25) is 23.6 Å². The number of nitrogens with one attached hydrogen (secondary N) is 7. The lowest BCUT2D eigenvalue weighted by Crippen LogP contribution is -2.53. The van der Waals surface area contributed by atoms with Gasteiger partial charge in [-0.25, -0.2) is 24.0 Å². The molecule has 0 aliphatic carbocycles. The zero-order valence-electron chi connectivity index (χ0n) is 54.6. The number of rotatable bonds is 37. The number of alkyl carbamates (subject to hydrolysis) is 1. The number of carbonyl (C=O) groups excluding carboxylic acids is 11. The summed E-state index contributed by atoms with van der Waals surface area (Å²) in [7, 11) is 0. The SMILES string of the molecule is CC(C)(C)OC(=O)CC[C@H](NC(=O)N[C@@H](CCC(=O)NCCCCCCCC(=O)N[C@@H](CCCCNC(=O)OC(C)(C)C)C(=O)N[C@@H](CCCCNC(=O)CCCc1ccc(I)cc1)C(=O)C(=O)OC(C)(C)C)C(=O)OC(C)(C)C)C(=O)OC(C)(C)C. The number of unbranched alkanes of at least 4 members (excludes halogenated alkanes) is 6. The summed E-state index contributed by atoms with van der Waals surface area (Å²) in [4.78, 5) is 144. The van der Waals surface area contributed by atoms with Crippen molar-refractivity contribution in [2.75, 3.05) is 19.6 Å². The number of hydrogen-bond donors (Lipinski definition) is 7. The first-order valence-corrected chi connectivity index (χ1v) is 31.6. The number of carbonyl (C=O) groups is 11. The summed E-state index contributed by atoms with van der Waals surface area (Å²) in [5.41, 5.74) is -3.15. The monoisotopic (exact) mass is 1340 g/mol. The second kappa shape index (κ2) is 39.0. The number of Topliss-reactive ketones (excluding diaryl/α,β-unsaturated/α-hetero) is 1. The summed E-state index contributed by atoms with van der Waals surface area (Å²) in [6, 6.07) is 2.26. The minimum absolute atomic E-state index is 0.0604. The number of aryl methyl sites for hydroxylation is 1. The lowest BCUT2D eigenvalue weighted by atomic mass is 10.0. The van der Waals surface area contributed by atoms with Crippen molar-refractivity contribution >= 4 is 88.0 Å². The van der Waals surface area contributed by atoms with Crippen molar-refractivity contribution in [1.29, 1.82) is 0 Å². The second-order valence-electron chi connectivity index (χ2n) is 26.6. The minimum atomic E-state index is -1.28. The third kappa shape index (κ3) is 41.7. The largest absolute Gasteiger partial charge is 0.460 e. The molecule has 87 heavy (non-hydrogen) atoms. The molecule has 1 rings (SSSR count). The Kier molecular flexibility index (Phi) is 35.4. The number of esters is 4. The van der Waals surface area contributed by atoms with Crippen molar-refractivity contribution in [3.8, 4) is 0 Å². The van der Waals surface area contributed by atoms with Crippen LogP contribution in [0.5, 0.6) is 0 Å². The average Bonchev–Trinajstić information content (AvgIpc) is 3.43. The van der Waals surface area contributed by atoms with Crippen molar-refractivity contribution in [2.45, 2.75) is 278 Å². The third-order valence-electron chi connectivity index (χ3n) is 12.1. The van der Waals surface area contributed by atoms with Crippen LogP contribution in [0.15, 0.2) is 24.3 Å². The van der Waals surface area contributed by atoms with Gasteiger partial charge in [0, 0.05) is 48.9 Å². The zero-order chi connectivity index (χ0) is 66.2. The van der Waals surface area contributed by atoms with Crippen LogP contribution in [-0.2, 0) is 73.3 Å². The number of ketones is 1. The first-order chi connectivity index (χ1) is 40.2. The summed E-state index contributed by atoms with van der Waals surface area (Å²) in [6.07, 6.45) is 5.59. The molecule has 1 aromatic carbocycles. The van der Waals surface area contributed by atoms with E-state index in [9.17, 15) is 52.7 Å². The lowest BCUT2D eigenvalue weighted by Gasteiger charge is -2.27. The highest BCUT2D eigenvalue weighted by Crippen LogP contribution is 2.18. The van der Waals surface area contributed by atoms with Crippen LogP contribution in [0, 0.1) is 3.57 Å². The van der Waals surface area contributed by atoms with Gasteiger partial charge in [-0.05, 0) is 221 Å². The fourth-order valence-electron chi connectivity index (χ4n) is 8.21. The Morgan fingerprint density at radius 1 is 0.402 bits per heavy atom. The van der Waals surface area contributed by atoms with E-state index < -0.39 is 106 Å². The van der Waals surface area contributed by atoms with Gasteiger partial charge in [0.15, 0.2) is 0 Å². The van der Waals surface area contributed by atoms with E-state index in [4.69, 9.17) is 23.7 Å². The van der Waals surface area contributed by atoms with Gasteiger partial charge in [-0.15, -0.1) is 0 Å². The second-order valence-corrected chi connectivity index (χ2v) is 27.9. The standard InChI is InChI=1S/C63H104IN7O16/c1-59(2,3)83-51(75)38-36-47(55(79)85-61(7,8)9)71-57(81)70-46(54(78)84-60(4,5)6)35-37-49(73)66-39-22-18-16-17-19-29-50(74)68-45(28-21-24-41-67-58(82)87-63(13,14)15)53(77)69-44(52(76)56(80)86-62(10,11)12)27-20-23-40-65-48(72)30-25-26-42-31-33-43(64)34-32-42/h31-34,44-47H,16-30,35-41H2,1-15H3,(H,65,72)(H,66,73)(H,67,82)(H,68,74)(H,69,77)(H2,70,71,81)/t44-,45-,46-,47-/m0/s1. The van der Waals surface area contributed by atoms with Crippen LogP contribution in [-0.4, -0.2) is 137 Å². The Labute approximate surface area is 530 Å². The molecule has 0 unspecified atom stereocenters. The molecular formula is C63H104IN7O16. The van der Waals surface area contributed by atoms with Crippen LogP contribution in [0.1, 0.15) is 225 Å². The molecule has 23 nitrogen and oxygen atoms in total. The molecular weight excluding hydrogens is 1240 g/mol. The van der Waals surface area contributed by atoms with Crippen LogP contribution in [0.2, 0.25) is 0 Å². The number of amides is 7. The summed E-state index contributed by atoms with van der Waals surface area (Å²) in [5, 5.41) is 18.9. The summed E-state index contributed by atoms with van der Waals surface area (Å²) in [6.45, 7) is 26.0. The summed E-state index contributed by atoms with van der Waals surface area (Å²) < 4.78 is 28.2. The molecule has 24 heteroatoms. The van der Waals surface area contributed by atoms with E-state index in [0.717, 1.165) is 15.6 Å². The van der Waals surface area contributed by atoms with E-state index in [1.807, 2.05) is 24.3 Å². The predicted octanol–water partition coefficient (Wildman–Crippen LogP) is 8.55. The average molecular weight is 1340 g/mol. The van der Waals surface area contributed by atoms with E-state index in [2.05, 4.69) is 59.8 Å². The Morgan fingerprint density at radius 2 is 0.839 bits per heavy atom. The first-order valence-electron chi connectivity index (χ1n) is 30.6. The van der Waals surface area contributed by atoms with Crippen LogP contribution >= 0.6 is 22.6 Å². The van der Waals surface area contributed by atoms with E-state index in [1.54, 1.807) is 104 Å². The molecule has 0 radical (unpaired) electrons. The van der Waals surface area contributed by atoms with Crippen LogP contribution in [0.25, 0.3) is 0 Å². The van der Waals surface area contributed by atoms with Gasteiger partial charge in [0.05, 0.1) is 6.04 Å². The Hall–Kier alpha value is -6.08. The van der Waals surface area contributed by atoms with Crippen molar-refractivity contribution in [3.63, 3.8) is 0 Å². The summed E-state index contributed by atoms with van der Waals surface area (Å²) >= 11 is 2.24. The van der Waals surface area contributed by atoms with Gasteiger partial charge in [-0.1, -0.05) is 31.4 Å². The zero-order valence-corrected chi connectivity index (χ0v) is 56.7. The fraction of sp³-hybridized carbons (Fsp3) is 0.730.